The summed E-state index contributed by atoms with van der Waals surface area (Å²) in [6, 6.07) is 9.14. The number of carbonyl (C=O) groups is 2. The number of carbonyl (C=O) groups excluding carboxylic acids is 2. The number of benzene rings is 2. The van der Waals surface area contributed by atoms with E-state index in [4.69, 9.17) is 4.74 Å². The molecule has 0 radical (unpaired) electrons. The van der Waals surface area contributed by atoms with E-state index in [1.54, 1.807) is 25.1 Å². The first-order valence-electron chi connectivity index (χ1n) is 8.28. The van der Waals surface area contributed by atoms with Crippen molar-refractivity contribution in [1.29, 1.82) is 0 Å². The van der Waals surface area contributed by atoms with Crippen molar-refractivity contribution in [2.24, 2.45) is 0 Å². The van der Waals surface area contributed by atoms with E-state index in [1.807, 2.05) is 0 Å². The lowest BCUT2D eigenvalue weighted by atomic mass is 10.2. The number of ether oxygens (including phenoxy) is 1. The number of hydrogen-bond donors (Lipinski definition) is 3. The molecule has 0 aliphatic carbocycles. The van der Waals surface area contributed by atoms with Gasteiger partial charge in [0.25, 0.3) is 15.9 Å². The summed E-state index contributed by atoms with van der Waals surface area (Å²) >= 11 is 0. The Morgan fingerprint density at radius 1 is 1.11 bits per heavy atom. The summed E-state index contributed by atoms with van der Waals surface area (Å²) in [5.74, 6) is -1.88. The molecule has 0 aliphatic rings. The average molecular weight is 409 g/mol. The number of para-hydroxylation sites is 2. The standard InChI is InChI=1S/C18H20FN3O5S/c1-3-20-17(23)11-21-18(24)12-8-9-13(19)16(10-12)28(25,26)22-14-6-4-5-7-15(14)27-2/h4-10,22H,3,11H2,1-2H3,(H,20,23)(H,21,24). The topological polar surface area (TPSA) is 114 Å². The molecule has 0 saturated carbocycles. The lowest BCUT2D eigenvalue weighted by Crippen LogP contribution is -2.36. The highest BCUT2D eigenvalue weighted by molar-refractivity contribution is 7.92. The molecule has 0 aromatic heterocycles. The third-order valence-electron chi connectivity index (χ3n) is 3.62. The Kier molecular flexibility index (Phi) is 6.94. The summed E-state index contributed by atoms with van der Waals surface area (Å²) < 4.78 is 46.7. The number of sulfonamides is 1. The number of likely N-dealkylation sites (N-methyl/N-ethyl adjacent to an activating group) is 1. The smallest absolute Gasteiger partial charge is 0.264 e. The van der Waals surface area contributed by atoms with Gasteiger partial charge >= 0.3 is 0 Å². The van der Waals surface area contributed by atoms with E-state index in [0.29, 0.717) is 6.54 Å². The van der Waals surface area contributed by atoms with Crippen molar-refractivity contribution < 1.29 is 27.1 Å². The minimum absolute atomic E-state index is 0.105. The quantitative estimate of drug-likeness (QED) is 0.612. The number of anilines is 1. The first-order valence-corrected chi connectivity index (χ1v) is 9.77. The summed E-state index contributed by atoms with van der Waals surface area (Å²) in [4.78, 5) is 22.9. The van der Waals surface area contributed by atoms with Crippen LogP contribution in [0.5, 0.6) is 5.75 Å². The molecule has 3 N–H and O–H groups in total. The second-order valence-electron chi connectivity index (χ2n) is 5.59. The summed E-state index contributed by atoms with van der Waals surface area (Å²) in [6.07, 6.45) is 0. The Hall–Kier alpha value is -3.14. The van der Waals surface area contributed by atoms with Crippen molar-refractivity contribution in [3.8, 4) is 5.75 Å². The van der Waals surface area contributed by atoms with Gasteiger partial charge in [0.15, 0.2) is 0 Å². The number of methoxy groups -OCH3 is 1. The zero-order valence-electron chi connectivity index (χ0n) is 15.3. The van der Waals surface area contributed by atoms with E-state index in [9.17, 15) is 22.4 Å². The van der Waals surface area contributed by atoms with E-state index < -0.39 is 32.6 Å². The van der Waals surface area contributed by atoms with Crippen molar-refractivity contribution in [2.75, 3.05) is 24.9 Å². The van der Waals surface area contributed by atoms with Crippen LogP contribution in [0.25, 0.3) is 0 Å². The Labute approximate surface area is 162 Å². The molecule has 10 heteroatoms. The minimum atomic E-state index is -4.34. The van der Waals surface area contributed by atoms with Gasteiger partial charge in [0.2, 0.25) is 5.91 Å². The predicted octanol–water partition coefficient (Wildman–Crippen LogP) is 1.50. The number of hydrogen-bond acceptors (Lipinski definition) is 5. The highest BCUT2D eigenvalue weighted by Crippen LogP contribution is 2.27. The van der Waals surface area contributed by atoms with Gasteiger partial charge in [0.1, 0.15) is 16.5 Å². The fourth-order valence-electron chi connectivity index (χ4n) is 2.30. The van der Waals surface area contributed by atoms with E-state index in [-0.39, 0.29) is 23.5 Å². The largest absolute Gasteiger partial charge is 0.495 e. The number of nitrogens with one attached hydrogen (secondary N) is 3. The van der Waals surface area contributed by atoms with Gasteiger partial charge in [-0.05, 0) is 37.3 Å². The van der Waals surface area contributed by atoms with Crippen molar-refractivity contribution in [1.82, 2.24) is 10.6 Å². The molecule has 0 unspecified atom stereocenters. The van der Waals surface area contributed by atoms with Gasteiger partial charge in [-0.15, -0.1) is 0 Å². The molecule has 0 saturated heterocycles. The fourth-order valence-corrected chi connectivity index (χ4v) is 3.48. The van der Waals surface area contributed by atoms with Crippen molar-refractivity contribution >= 4 is 27.5 Å². The first-order chi connectivity index (χ1) is 13.3. The maximum atomic E-state index is 14.2. The van der Waals surface area contributed by atoms with E-state index in [1.165, 1.54) is 13.2 Å². The number of rotatable bonds is 8. The monoisotopic (exact) mass is 409 g/mol. The SMILES string of the molecule is CCNC(=O)CNC(=O)c1ccc(F)c(S(=O)(=O)Nc2ccccc2OC)c1. The molecule has 0 bridgehead atoms. The van der Waals surface area contributed by atoms with Crippen LogP contribution in [0.3, 0.4) is 0 Å². The summed E-state index contributed by atoms with van der Waals surface area (Å²) in [7, 11) is -2.97. The minimum Gasteiger partial charge on any atom is -0.495 e. The lowest BCUT2D eigenvalue weighted by molar-refractivity contribution is -0.120. The number of halogens is 1. The fraction of sp³-hybridized carbons (Fsp3) is 0.222. The van der Waals surface area contributed by atoms with Gasteiger partial charge < -0.3 is 15.4 Å². The molecule has 2 aromatic rings. The van der Waals surface area contributed by atoms with E-state index in [0.717, 1.165) is 18.2 Å². The summed E-state index contributed by atoms with van der Waals surface area (Å²) in [5, 5.41) is 4.84. The Morgan fingerprint density at radius 3 is 2.50 bits per heavy atom. The molecule has 0 fully saturated rings. The van der Waals surface area contributed by atoms with Crippen LogP contribution in [0.2, 0.25) is 0 Å². The lowest BCUT2D eigenvalue weighted by Gasteiger charge is -2.13. The van der Waals surface area contributed by atoms with Gasteiger partial charge in [-0.2, -0.15) is 0 Å². The second-order valence-corrected chi connectivity index (χ2v) is 7.24. The van der Waals surface area contributed by atoms with Gasteiger partial charge in [-0.25, -0.2) is 12.8 Å². The summed E-state index contributed by atoms with van der Waals surface area (Å²) in [6.45, 7) is 1.85. The highest BCUT2D eigenvalue weighted by Gasteiger charge is 2.22. The molecule has 150 valence electrons. The van der Waals surface area contributed by atoms with Gasteiger partial charge in [-0.1, -0.05) is 12.1 Å². The van der Waals surface area contributed by atoms with Crippen molar-refractivity contribution in [3.05, 3.63) is 53.8 Å². The zero-order chi connectivity index (χ0) is 20.7. The van der Waals surface area contributed by atoms with Crippen LogP contribution in [0.1, 0.15) is 17.3 Å². The van der Waals surface area contributed by atoms with Crippen LogP contribution in [0.4, 0.5) is 10.1 Å². The Balaban J connectivity index is 2.26. The molecule has 8 nitrogen and oxygen atoms in total. The van der Waals surface area contributed by atoms with Crippen LogP contribution in [-0.4, -0.2) is 40.4 Å². The molecular weight excluding hydrogens is 389 g/mol. The van der Waals surface area contributed by atoms with Gasteiger partial charge in [-0.3, -0.25) is 14.3 Å². The molecule has 28 heavy (non-hydrogen) atoms. The van der Waals surface area contributed by atoms with Crippen molar-refractivity contribution in [3.63, 3.8) is 0 Å². The van der Waals surface area contributed by atoms with Crippen molar-refractivity contribution in [2.45, 2.75) is 11.8 Å². The molecule has 2 rings (SSSR count). The molecular formula is C18H20FN3O5S. The van der Waals surface area contributed by atoms with Gasteiger partial charge in [0.05, 0.1) is 19.3 Å². The normalized spacial score (nSPS) is 10.8. The van der Waals surface area contributed by atoms with E-state index >= 15 is 0 Å². The predicted molar refractivity (Wildman–Crippen MR) is 101 cm³/mol. The Bertz CT molecular complexity index is 979. The van der Waals surface area contributed by atoms with Crippen LogP contribution in [0.15, 0.2) is 47.4 Å². The molecule has 0 aliphatic heterocycles. The number of amides is 2. The first kappa shape index (κ1) is 21.2. The van der Waals surface area contributed by atoms with Crippen LogP contribution < -0.4 is 20.1 Å². The van der Waals surface area contributed by atoms with Gasteiger partial charge in [0, 0.05) is 12.1 Å². The van der Waals surface area contributed by atoms with E-state index in [2.05, 4.69) is 15.4 Å². The molecule has 0 atom stereocenters. The maximum Gasteiger partial charge on any atom is 0.264 e. The summed E-state index contributed by atoms with van der Waals surface area (Å²) in [5.41, 5.74) is 0.0154. The molecule has 2 amide bonds. The van der Waals surface area contributed by atoms with Crippen LogP contribution in [0, 0.1) is 5.82 Å². The molecule has 0 spiro atoms. The third kappa shape index (κ3) is 5.19. The zero-order valence-corrected chi connectivity index (χ0v) is 16.1. The van der Waals surface area contributed by atoms with Crippen LogP contribution in [-0.2, 0) is 14.8 Å². The Morgan fingerprint density at radius 2 is 1.82 bits per heavy atom. The second kappa shape index (κ2) is 9.18. The molecule has 2 aromatic carbocycles. The highest BCUT2D eigenvalue weighted by atomic mass is 32.2. The third-order valence-corrected chi connectivity index (χ3v) is 5.00. The van der Waals surface area contributed by atoms with Crippen LogP contribution >= 0.6 is 0 Å². The maximum absolute atomic E-state index is 14.2. The average Bonchev–Trinajstić information content (AvgIpc) is 2.66. The molecule has 0 heterocycles.